The molecule has 0 radical (unpaired) electrons. The van der Waals surface area contributed by atoms with Crippen molar-refractivity contribution in [2.45, 2.75) is 20.3 Å². The fourth-order valence-corrected chi connectivity index (χ4v) is 1.07. The summed E-state index contributed by atoms with van der Waals surface area (Å²) in [5.74, 6) is 0.669. The van der Waals surface area contributed by atoms with Crippen molar-refractivity contribution < 1.29 is 0 Å². The molecule has 54 valence electrons. The number of rotatable bonds is 1. The van der Waals surface area contributed by atoms with E-state index in [1.165, 1.54) is 11.1 Å². The summed E-state index contributed by atoms with van der Waals surface area (Å²) < 4.78 is 0. The largest absolute Gasteiger partial charge is 0.383 e. The minimum Gasteiger partial charge on any atom is -0.383 e. The molecule has 1 aromatic heterocycles. The van der Waals surface area contributed by atoms with Gasteiger partial charge < -0.3 is 5.73 Å². The maximum Gasteiger partial charge on any atom is 0.126 e. The van der Waals surface area contributed by atoms with Crippen LogP contribution < -0.4 is 5.73 Å². The highest BCUT2D eigenvalue weighted by Gasteiger charge is 1.98. The number of pyridine rings is 1. The van der Waals surface area contributed by atoms with Crippen LogP contribution in [0.5, 0.6) is 0 Å². The number of nitrogens with zero attached hydrogens (tertiary/aromatic N) is 1. The molecule has 0 fully saturated rings. The Morgan fingerprint density at radius 1 is 1.60 bits per heavy atom. The molecule has 0 aliphatic rings. The van der Waals surface area contributed by atoms with Gasteiger partial charge in [-0.25, -0.2) is 4.98 Å². The number of nitrogen functional groups attached to an aromatic ring is 1. The first kappa shape index (κ1) is 7.06. The van der Waals surface area contributed by atoms with Gasteiger partial charge >= 0.3 is 0 Å². The Labute approximate surface area is 61.1 Å². The van der Waals surface area contributed by atoms with Crippen LogP contribution in [0.4, 0.5) is 5.82 Å². The molecule has 0 unspecified atom stereocenters. The Bertz CT molecular complexity index is 210. The van der Waals surface area contributed by atoms with Crippen LogP contribution in [-0.4, -0.2) is 4.98 Å². The van der Waals surface area contributed by atoms with Gasteiger partial charge in [0.2, 0.25) is 0 Å². The molecular formula is C8H12N2. The normalized spacial score (nSPS) is 9.80. The zero-order chi connectivity index (χ0) is 7.56. The fraction of sp³-hybridized carbons (Fsp3) is 0.375. The van der Waals surface area contributed by atoms with E-state index in [2.05, 4.69) is 18.8 Å². The molecule has 0 atom stereocenters. The van der Waals surface area contributed by atoms with Crippen molar-refractivity contribution in [1.82, 2.24) is 4.98 Å². The van der Waals surface area contributed by atoms with E-state index in [0.29, 0.717) is 5.82 Å². The molecule has 2 nitrogen and oxygen atoms in total. The van der Waals surface area contributed by atoms with E-state index >= 15 is 0 Å². The zero-order valence-electron chi connectivity index (χ0n) is 6.39. The van der Waals surface area contributed by atoms with Crippen LogP contribution in [0.2, 0.25) is 0 Å². The highest BCUT2D eigenvalue weighted by molar-refractivity contribution is 5.43. The van der Waals surface area contributed by atoms with E-state index < -0.39 is 0 Å². The third-order valence-corrected chi connectivity index (χ3v) is 1.68. The van der Waals surface area contributed by atoms with Crippen molar-refractivity contribution in [3.63, 3.8) is 0 Å². The van der Waals surface area contributed by atoms with E-state index in [1.807, 2.05) is 6.07 Å². The number of hydrogen-bond acceptors (Lipinski definition) is 2. The van der Waals surface area contributed by atoms with Gasteiger partial charge in [0.25, 0.3) is 0 Å². The van der Waals surface area contributed by atoms with Gasteiger partial charge in [-0.05, 0) is 30.5 Å². The summed E-state index contributed by atoms with van der Waals surface area (Å²) in [6.07, 6.45) is 2.70. The molecule has 0 saturated carbocycles. The third-order valence-electron chi connectivity index (χ3n) is 1.68. The topological polar surface area (TPSA) is 38.9 Å². The van der Waals surface area contributed by atoms with Crippen molar-refractivity contribution in [2.24, 2.45) is 0 Å². The maximum absolute atomic E-state index is 5.62. The highest BCUT2D eigenvalue weighted by atomic mass is 14.8. The highest BCUT2D eigenvalue weighted by Crippen LogP contribution is 2.12. The molecule has 10 heavy (non-hydrogen) atoms. The monoisotopic (exact) mass is 136 g/mol. The number of anilines is 1. The summed E-state index contributed by atoms with van der Waals surface area (Å²) in [6.45, 7) is 4.14. The van der Waals surface area contributed by atoms with Crippen LogP contribution in [0.1, 0.15) is 18.1 Å². The lowest BCUT2D eigenvalue weighted by atomic mass is 10.1. The summed E-state index contributed by atoms with van der Waals surface area (Å²) in [6, 6.07) is 1.98. The number of nitrogens with two attached hydrogens (primary N) is 1. The molecule has 0 spiro atoms. The lowest BCUT2D eigenvalue weighted by Crippen LogP contribution is -1.98. The Morgan fingerprint density at radius 3 is 2.70 bits per heavy atom. The quantitative estimate of drug-likeness (QED) is 0.636. The molecule has 2 N–H and O–H groups in total. The Hall–Kier alpha value is -1.05. The summed E-state index contributed by atoms with van der Waals surface area (Å²) >= 11 is 0. The lowest BCUT2D eigenvalue weighted by Gasteiger charge is -2.03. The number of aryl methyl sites for hydroxylation is 1. The van der Waals surface area contributed by atoms with E-state index in [4.69, 9.17) is 5.73 Å². The molecule has 0 bridgehead atoms. The van der Waals surface area contributed by atoms with Crippen molar-refractivity contribution in [2.75, 3.05) is 5.73 Å². The van der Waals surface area contributed by atoms with Crippen molar-refractivity contribution in [1.29, 1.82) is 0 Å². The smallest absolute Gasteiger partial charge is 0.126 e. The molecule has 1 heterocycles. The maximum atomic E-state index is 5.62. The molecule has 0 aliphatic heterocycles. The molecule has 1 rings (SSSR count). The van der Waals surface area contributed by atoms with Crippen molar-refractivity contribution >= 4 is 5.82 Å². The summed E-state index contributed by atoms with van der Waals surface area (Å²) in [4.78, 5) is 3.99. The van der Waals surface area contributed by atoms with Gasteiger partial charge in [-0.3, -0.25) is 0 Å². The zero-order valence-corrected chi connectivity index (χ0v) is 6.39. The van der Waals surface area contributed by atoms with Crippen molar-refractivity contribution in [3.8, 4) is 0 Å². The average molecular weight is 136 g/mol. The van der Waals surface area contributed by atoms with Gasteiger partial charge in [0, 0.05) is 6.20 Å². The van der Waals surface area contributed by atoms with Crippen LogP contribution in [0, 0.1) is 6.92 Å². The molecule has 0 saturated heterocycles. The summed E-state index contributed by atoms with van der Waals surface area (Å²) in [7, 11) is 0. The minimum absolute atomic E-state index is 0.669. The average Bonchev–Trinajstić information content (AvgIpc) is 1.88. The number of hydrogen-bond donors (Lipinski definition) is 1. The summed E-state index contributed by atoms with van der Waals surface area (Å²) in [5.41, 5.74) is 8.02. The Balaban J connectivity index is 3.17. The van der Waals surface area contributed by atoms with Crippen LogP contribution in [0.25, 0.3) is 0 Å². The van der Waals surface area contributed by atoms with Gasteiger partial charge in [0.05, 0.1) is 0 Å². The summed E-state index contributed by atoms with van der Waals surface area (Å²) in [5, 5.41) is 0. The minimum atomic E-state index is 0.669. The molecular weight excluding hydrogens is 124 g/mol. The predicted molar refractivity (Wildman–Crippen MR) is 42.8 cm³/mol. The molecule has 2 heteroatoms. The van der Waals surface area contributed by atoms with E-state index in [9.17, 15) is 0 Å². The number of aromatic nitrogens is 1. The van der Waals surface area contributed by atoms with E-state index in [-0.39, 0.29) is 0 Å². The Kier molecular flexibility index (Phi) is 1.90. The second-order valence-corrected chi connectivity index (χ2v) is 2.35. The standard InChI is InChI=1S/C8H12N2/c1-3-7-6(2)4-5-10-8(7)9/h4-5H,3H2,1-2H3,(H2,9,10). The van der Waals surface area contributed by atoms with Gasteiger partial charge in [-0.15, -0.1) is 0 Å². The van der Waals surface area contributed by atoms with Crippen LogP contribution in [-0.2, 0) is 6.42 Å². The molecule has 0 aromatic carbocycles. The van der Waals surface area contributed by atoms with E-state index in [1.54, 1.807) is 6.20 Å². The van der Waals surface area contributed by atoms with Crippen LogP contribution in [0.15, 0.2) is 12.3 Å². The van der Waals surface area contributed by atoms with E-state index in [0.717, 1.165) is 6.42 Å². The van der Waals surface area contributed by atoms with Gasteiger partial charge in [-0.2, -0.15) is 0 Å². The van der Waals surface area contributed by atoms with Gasteiger partial charge in [0.1, 0.15) is 5.82 Å². The first-order chi connectivity index (χ1) is 4.75. The SMILES string of the molecule is CCc1c(C)ccnc1N. The second-order valence-electron chi connectivity index (χ2n) is 2.35. The van der Waals surface area contributed by atoms with Crippen LogP contribution >= 0.6 is 0 Å². The van der Waals surface area contributed by atoms with Crippen molar-refractivity contribution in [3.05, 3.63) is 23.4 Å². The molecule has 0 amide bonds. The van der Waals surface area contributed by atoms with Crippen LogP contribution in [0.3, 0.4) is 0 Å². The molecule has 0 aliphatic carbocycles. The van der Waals surface area contributed by atoms with Gasteiger partial charge in [0.15, 0.2) is 0 Å². The van der Waals surface area contributed by atoms with Gasteiger partial charge in [-0.1, -0.05) is 6.92 Å². The first-order valence-corrected chi connectivity index (χ1v) is 3.45. The first-order valence-electron chi connectivity index (χ1n) is 3.45. The predicted octanol–water partition coefficient (Wildman–Crippen LogP) is 1.53. The second kappa shape index (κ2) is 2.69. The third kappa shape index (κ3) is 1.10. The lowest BCUT2D eigenvalue weighted by molar-refractivity contribution is 1.08. The fourth-order valence-electron chi connectivity index (χ4n) is 1.07. The Morgan fingerprint density at radius 2 is 2.30 bits per heavy atom. The molecule has 1 aromatic rings.